The summed E-state index contributed by atoms with van der Waals surface area (Å²) < 4.78 is 0. The number of nitrogens with zero attached hydrogens (tertiary/aromatic N) is 3. The van der Waals surface area contributed by atoms with E-state index in [1.807, 2.05) is 47.6 Å². The number of carbonyl (C=O) groups is 1. The van der Waals surface area contributed by atoms with Gasteiger partial charge >= 0.3 is 6.03 Å². The topological polar surface area (TPSA) is 81.7 Å². The summed E-state index contributed by atoms with van der Waals surface area (Å²) in [5, 5.41) is 10.2. The number of anilines is 3. The van der Waals surface area contributed by atoms with Gasteiger partial charge in [0.2, 0.25) is 0 Å². The van der Waals surface area contributed by atoms with Crippen LogP contribution in [0.2, 0.25) is 0 Å². The summed E-state index contributed by atoms with van der Waals surface area (Å²) in [6.45, 7) is 1.23. The van der Waals surface area contributed by atoms with E-state index in [-0.39, 0.29) is 6.03 Å². The van der Waals surface area contributed by atoms with Crippen LogP contribution in [0, 0.1) is 0 Å². The van der Waals surface area contributed by atoms with Gasteiger partial charge in [-0.3, -0.25) is 4.99 Å². The van der Waals surface area contributed by atoms with Crippen LogP contribution < -0.4 is 16.0 Å². The number of nitrogens with one attached hydrogen (secondary N) is 3. The minimum Gasteiger partial charge on any atom is -0.368 e. The number of amides is 2. The Morgan fingerprint density at radius 1 is 1.26 bits per heavy atom. The van der Waals surface area contributed by atoms with Crippen molar-refractivity contribution in [2.45, 2.75) is 48.6 Å². The molecule has 2 aliphatic heterocycles. The van der Waals surface area contributed by atoms with Gasteiger partial charge in [-0.25, -0.2) is 9.78 Å². The number of fused-ring (bicyclic) bond motifs is 1. The number of amidine groups is 1. The van der Waals surface area contributed by atoms with Crippen LogP contribution in [0.1, 0.15) is 32.1 Å². The van der Waals surface area contributed by atoms with Gasteiger partial charge in [0.1, 0.15) is 11.4 Å². The fourth-order valence-electron chi connectivity index (χ4n) is 4.68. The monoisotopic (exact) mass is 436 g/mol. The minimum absolute atomic E-state index is 0.0761. The Kier molecular flexibility index (Phi) is 5.48. The summed E-state index contributed by atoms with van der Waals surface area (Å²) >= 11 is 1.69. The van der Waals surface area contributed by atoms with Gasteiger partial charge in [0.25, 0.3) is 0 Å². The zero-order valence-corrected chi connectivity index (χ0v) is 18.5. The van der Waals surface area contributed by atoms with E-state index in [1.54, 1.807) is 18.0 Å². The van der Waals surface area contributed by atoms with E-state index in [1.165, 1.54) is 17.7 Å². The third kappa shape index (κ3) is 4.08. The van der Waals surface area contributed by atoms with Crippen LogP contribution in [0.5, 0.6) is 0 Å². The molecule has 3 aliphatic rings. The van der Waals surface area contributed by atoms with Crippen molar-refractivity contribution in [2.75, 3.05) is 35.3 Å². The number of pyridine rings is 1. The molecule has 1 spiro atoms. The van der Waals surface area contributed by atoms with Gasteiger partial charge in [-0.1, -0.05) is 12.8 Å². The fraction of sp³-hybridized carbons (Fsp3) is 0.435. The molecule has 1 aliphatic carbocycles. The van der Waals surface area contributed by atoms with Gasteiger partial charge in [0, 0.05) is 23.3 Å². The molecule has 2 fully saturated rings. The maximum atomic E-state index is 13.0. The highest BCUT2D eigenvalue weighted by atomic mass is 32.2. The number of thioether (sulfide) groups is 1. The molecule has 3 heterocycles. The summed E-state index contributed by atoms with van der Waals surface area (Å²) in [4.78, 5) is 25.6. The lowest BCUT2D eigenvalue weighted by atomic mass is 9.93. The van der Waals surface area contributed by atoms with E-state index in [9.17, 15) is 4.79 Å². The van der Waals surface area contributed by atoms with Crippen LogP contribution in [0.4, 0.5) is 22.0 Å². The first-order valence-electron chi connectivity index (χ1n) is 10.9. The highest BCUT2D eigenvalue weighted by Gasteiger charge is 2.47. The number of likely N-dealkylation sites (tertiary alicyclic amines) is 1. The molecule has 0 bridgehead atoms. The average Bonchev–Trinajstić information content (AvgIpc) is 3.46. The highest BCUT2D eigenvalue weighted by molar-refractivity contribution is 7.98. The number of rotatable bonds is 3. The molecule has 3 N–H and O–H groups in total. The number of carbonyl (C=O) groups excluding carboxylic acids is 1. The quantitative estimate of drug-likeness (QED) is 0.610. The zero-order chi connectivity index (χ0) is 21.3. The van der Waals surface area contributed by atoms with Crippen LogP contribution in [0.15, 0.2) is 52.5 Å². The molecule has 1 atom stereocenters. The first-order valence-corrected chi connectivity index (χ1v) is 12.2. The lowest BCUT2D eigenvalue weighted by molar-refractivity contribution is 0.221. The molecule has 8 heteroatoms. The molecule has 5 rings (SSSR count). The Labute approximate surface area is 187 Å². The molecule has 7 nitrogen and oxygen atoms in total. The van der Waals surface area contributed by atoms with E-state index in [0.717, 1.165) is 42.3 Å². The van der Waals surface area contributed by atoms with Crippen molar-refractivity contribution in [3.8, 4) is 0 Å². The Hall–Kier alpha value is -2.74. The van der Waals surface area contributed by atoms with Crippen LogP contribution in [-0.4, -0.2) is 52.7 Å². The van der Waals surface area contributed by atoms with E-state index in [0.29, 0.717) is 19.1 Å². The van der Waals surface area contributed by atoms with E-state index < -0.39 is 5.54 Å². The number of benzene rings is 1. The van der Waals surface area contributed by atoms with Gasteiger partial charge in [-0.2, -0.15) is 0 Å². The van der Waals surface area contributed by atoms with Crippen LogP contribution in [0.25, 0.3) is 0 Å². The molecule has 1 saturated carbocycles. The van der Waals surface area contributed by atoms with E-state index in [4.69, 9.17) is 4.99 Å². The molecule has 2 aromatic rings. The maximum absolute atomic E-state index is 13.0. The predicted octanol–water partition coefficient (Wildman–Crippen LogP) is 4.66. The highest BCUT2D eigenvalue weighted by Crippen LogP contribution is 2.36. The summed E-state index contributed by atoms with van der Waals surface area (Å²) in [5.41, 5.74) is 1.37. The smallest absolute Gasteiger partial charge is 0.321 e. The van der Waals surface area contributed by atoms with Crippen molar-refractivity contribution in [2.24, 2.45) is 4.99 Å². The number of aromatic nitrogens is 1. The zero-order valence-electron chi connectivity index (χ0n) is 17.7. The second-order valence-corrected chi connectivity index (χ2v) is 9.36. The molecule has 1 aromatic carbocycles. The Morgan fingerprint density at radius 2 is 2.06 bits per heavy atom. The standard InChI is InChI=1S/C23H28N6OS/c1-31-18-10-8-17(9-11-18)26-22(30)29-14-12-23(15-29)21(25-16-5-2-3-6-16)27-20-19(28-23)7-4-13-24-20/h4,7-11,13,16,28H,2-3,5-6,12,14-15H2,1H3,(H,26,30)(H,24,25,27)/t23-/m1/s1. The molecular weight excluding hydrogens is 408 g/mol. The first-order chi connectivity index (χ1) is 15.1. The molecule has 31 heavy (non-hydrogen) atoms. The lowest BCUT2D eigenvalue weighted by Gasteiger charge is -2.38. The maximum Gasteiger partial charge on any atom is 0.321 e. The number of aliphatic imine (C=N–C) groups is 1. The average molecular weight is 437 g/mol. The lowest BCUT2D eigenvalue weighted by Crippen LogP contribution is -2.55. The Bertz CT molecular complexity index is 988. The second kappa shape index (κ2) is 8.42. The summed E-state index contributed by atoms with van der Waals surface area (Å²) in [6, 6.07) is 12.2. The van der Waals surface area contributed by atoms with Gasteiger partial charge in [-0.05, 0) is 61.9 Å². The van der Waals surface area contributed by atoms with Gasteiger partial charge in [0.05, 0.1) is 18.3 Å². The van der Waals surface area contributed by atoms with E-state index in [2.05, 4.69) is 20.9 Å². The number of hydrogen-bond acceptors (Lipinski definition) is 5. The fourth-order valence-corrected chi connectivity index (χ4v) is 5.09. The summed E-state index contributed by atoms with van der Waals surface area (Å²) in [5.74, 6) is 1.73. The van der Waals surface area contributed by atoms with Crippen molar-refractivity contribution in [1.82, 2.24) is 9.88 Å². The largest absolute Gasteiger partial charge is 0.368 e. The molecule has 0 unspecified atom stereocenters. The van der Waals surface area contributed by atoms with Gasteiger partial charge < -0.3 is 20.9 Å². The van der Waals surface area contributed by atoms with Crippen LogP contribution in [0.3, 0.4) is 0 Å². The first kappa shape index (κ1) is 20.2. The number of hydrogen-bond donors (Lipinski definition) is 3. The third-order valence-electron chi connectivity index (χ3n) is 6.41. The van der Waals surface area contributed by atoms with Crippen molar-refractivity contribution >= 4 is 40.8 Å². The Balaban J connectivity index is 1.36. The SMILES string of the molecule is CSc1ccc(NC(=O)N2CC[C@]3(C2)Nc2cccnc2NC3=NC2CCCC2)cc1. The number of urea groups is 1. The van der Waals surface area contributed by atoms with Crippen LogP contribution in [-0.2, 0) is 0 Å². The summed E-state index contributed by atoms with van der Waals surface area (Å²) in [6.07, 6.45) is 9.37. The van der Waals surface area contributed by atoms with Crippen molar-refractivity contribution in [3.63, 3.8) is 0 Å². The van der Waals surface area contributed by atoms with Crippen molar-refractivity contribution in [1.29, 1.82) is 0 Å². The third-order valence-corrected chi connectivity index (χ3v) is 7.15. The molecule has 2 amide bonds. The second-order valence-electron chi connectivity index (χ2n) is 8.48. The molecule has 1 aromatic heterocycles. The molecular formula is C23H28N6OS. The van der Waals surface area contributed by atoms with Crippen molar-refractivity contribution in [3.05, 3.63) is 42.6 Å². The van der Waals surface area contributed by atoms with E-state index >= 15 is 0 Å². The van der Waals surface area contributed by atoms with Crippen LogP contribution >= 0.6 is 11.8 Å². The minimum atomic E-state index is -0.404. The Morgan fingerprint density at radius 3 is 2.84 bits per heavy atom. The molecule has 1 saturated heterocycles. The molecule has 162 valence electrons. The van der Waals surface area contributed by atoms with Gasteiger partial charge in [-0.15, -0.1) is 11.8 Å². The van der Waals surface area contributed by atoms with Crippen molar-refractivity contribution < 1.29 is 4.79 Å². The normalized spacial score (nSPS) is 24.2. The van der Waals surface area contributed by atoms with Gasteiger partial charge in [0.15, 0.2) is 5.82 Å². The predicted molar refractivity (Wildman–Crippen MR) is 127 cm³/mol. The molecule has 0 radical (unpaired) electrons. The summed E-state index contributed by atoms with van der Waals surface area (Å²) in [7, 11) is 0.